The minimum Gasteiger partial charge on any atom is -0.372 e. The van der Waals surface area contributed by atoms with Crippen molar-refractivity contribution in [2.45, 2.75) is 46.1 Å². The summed E-state index contributed by atoms with van der Waals surface area (Å²) < 4.78 is 5.78. The quantitative estimate of drug-likeness (QED) is 0.630. The van der Waals surface area contributed by atoms with Crippen LogP contribution in [0.3, 0.4) is 0 Å². The van der Waals surface area contributed by atoms with E-state index in [2.05, 4.69) is 61.4 Å². The standard InChI is InChI=1S/C20H27N3O/c1-20(2,3)23-19(21)22-13-17-10-7-11-18(12-17)15-24-14-16-8-5-4-6-9-16/h4-12H,13-15H2,1-3H3,(H3,21,22,23). The number of nitrogens with zero attached hydrogens (tertiary/aromatic N) is 1. The Kier molecular flexibility index (Phi) is 6.38. The predicted octanol–water partition coefficient (Wildman–Crippen LogP) is 3.61. The number of guanidine groups is 1. The number of benzene rings is 2. The van der Waals surface area contributed by atoms with Crippen LogP contribution in [-0.4, -0.2) is 11.5 Å². The van der Waals surface area contributed by atoms with Gasteiger partial charge in [0, 0.05) is 5.54 Å². The van der Waals surface area contributed by atoms with Gasteiger partial charge in [-0.25, -0.2) is 4.99 Å². The summed E-state index contributed by atoms with van der Waals surface area (Å²) in [5, 5.41) is 3.16. The summed E-state index contributed by atoms with van der Waals surface area (Å²) in [6.45, 7) is 7.93. The highest BCUT2D eigenvalue weighted by Gasteiger charge is 2.09. The second-order valence-electron chi connectivity index (χ2n) is 6.87. The van der Waals surface area contributed by atoms with Gasteiger partial charge in [-0.3, -0.25) is 0 Å². The van der Waals surface area contributed by atoms with Gasteiger partial charge in [0.15, 0.2) is 5.96 Å². The van der Waals surface area contributed by atoms with Crippen LogP contribution in [-0.2, 0) is 24.5 Å². The molecule has 3 N–H and O–H groups in total. The zero-order valence-corrected chi connectivity index (χ0v) is 14.8. The summed E-state index contributed by atoms with van der Waals surface area (Å²) in [4.78, 5) is 4.39. The number of ether oxygens (including phenoxy) is 1. The van der Waals surface area contributed by atoms with Crippen molar-refractivity contribution < 1.29 is 4.74 Å². The first-order valence-electron chi connectivity index (χ1n) is 8.20. The fourth-order valence-electron chi connectivity index (χ4n) is 2.28. The van der Waals surface area contributed by atoms with E-state index in [1.807, 2.05) is 24.3 Å². The fraction of sp³-hybridized carbons (Fsp3) is 0.350. The normalized spacial score (nSPS) is 12.2. The lowest BCUT2D eigenvalue weighted by Crippen LogP contribution is -2.44. The van der Waals surface area contributed by atoms with Crippen LogP contribution in [0.1, 0.15) is 37.5 Å². The van der Waals surface area contributed by atoms with Crippen LogP contribution in [0, 0.1) is 0 Å². The van der Waals surface area contributed by atoms with Crippen molar-refractivity contribution in [1.82, 2.24) is 5.32 Å². The molecule has 0 bridgehead atoms. The topological polar surface area (TPSA) is 59.6 Å². The molecule has 0 aromatic heterocycles. The van der Waals surface area contributed by atoms with Crippen molar-refractivity contribution in [3.8, 4) is 0 Å². The average molecular weight is 325 g/mol. The van der Waals surface area contributed by atoms with Crippen LogP contribution >= 0.6 is 0 Å². The molecule has 0 aliphatic carbocycles. The van der Waals surface area contributed by atoms with Crippen molar-refractivity contribution in [2.24, 2.45) is 10.7 Å². The third-order valence-corrected chi connectivity index (χ3v) is 3.31. The van der Waals surface area contributed by atoms with Crippen molar-refractivity contribution in [3.63, 3.8) is 0 Å². The number of rotatable bonds is 6. The van der Waals surface area contributed by atoms with Crippen LogP contribution in [0.4, 0.5) is 0 Å². The third-order valence-electron chi connectivity index (χ3n) is 3.31. The van der Waals surface area contributed by atoms with Crippen molar-refractivity contribution in [2.75, 3.05) is 0 Å². The second kappa shape index (κ2) is 8.50. The van der Waals surface area contributed by atoms with Gasteiger partial charge in [0.1, 0.15) is 0 Å². The van der Waals surface area contributed by atoms with Gasteiger partial charge in [0.2, 0.25) is 0 Å². The number of nitrogens with one attached hydrogen (secondary N) is 1. The maximum atomic E-state index is 5.90. The van der Waals surface area contributed by atoms with E-state index < -0.39 is 0 Å². The van der Waals surface area contributed by atoms with E-state index in [0.29, 0.717) is 25.7 Å². The smallest absolute Gasteiger partial charge is 0.189 e. The molecule has 24 heavy (non-hydrogen) atoms. The molecule has 0 saturated heterocycles. The minimum atomic E-state index is -0.0826. The van der Waals surface area contributed by atoms with Crippen LogP contribution < -0.4 is 11.1 Å². The lowest BCUT2D eigenvalue weighted by molar-refractivity contribution is 0.107. The van der Waals surface area contributed by atoms with Crippen LogP contribution in [0.15, 0.2) is 59.6 Å². The summed E-state index contributed by atoms with van der Waals surface area (Å²) in [6.07, 6.45) is 0. The molecule has 0 spiro atoms. The van der Waals surface area contributed by atoms with E-state index in [4.69, 9.17) is 10.5 Å². The molecule has 128 valence electrons. The molecule has 2 rings (SSSR count). The van der Waals surface area contributed by atoms with E-state index in [1.165, 1.54) is 5.56 Å². The molecule has 2 aromatic carbocycles. The lowest BCUT2D eigenvalue weighted by Gasteiger charge is -2.21. The second-order valence-corrected chi connectivity index (χ2v) is 6.87. The monoisotopic (exact) mass is 325 g/mol. The zero-order chi connectivity index (χ0) is 17.4. The third kappa shape index (κ3) is 6.84. The molecule has 4 heteroatoms. The molecule has 0 unspecified atom stereocenters. The maximum Gasteiger partial charge on any atom is 0.189 e. The van der Waals surface area contributed by atoms with Gasteiger partial charge in [-0.15, -0.1) is 0 Å². The highest BCUT2D eigenvalue weighted by Crippen LogP contribution is 2.10. The highest BCUT2D eigenvalue weighted by atomic mass is 16.5. The fourth-order valence-corrected chi connectivity index (χ4v) is 2.28. The van der Waals surface area contributed by atoms with Crippen LogP contribution in [0.5, 0.6) is 0 Å². The summed E-state index contributed by atoms with van der Waals surface area (Å²) in [7, 11) is 0. The Morgan fingerprint density at radius 2 is 1.58 bits per heavy atom. The van der Waals surface area contributed by atoms with Gasteiger partial charge in [0.05, 0.1) is 19.8 Å². The van der Waals surface area contributed by atoms with E-state index >= 15 is 0 Å². The molecular formula is C20H27N3O. The zero-order valence-electron chi connectivity index (χ0n) is 14.8. The molecule has 0 fully saturated rings. The highest BCUT2D eigenvalue weighted by molar-refractivity contribution is 5.78. The molecular weight excluding hydrogens is 298 g/mol. The van der Waals surface area contributed by atoms with Crippen molar-refractivity contribution in [3.05, 3.63) is 71.3 Å². The van der Waals surface area contributed by atoms with E-state index in [1.54, 1.807) is 0 Å². The summed E-state index contributed by atoms with van der Waals surface area (Å²) >= 11 is 0. The van der Waals surface area contributed by atoms with Crippen molar-refractivity contribution in [1.29, 1.82) is 0 Å². The van der Waals surface area contributed by atoms with Gasteiger partial charge in [-0.05, 0) is 37.5 Å². The lowest BCUT2D eigenvalue weighted by atomic mass is 10.1. The number of hydrogen-bond donors (Lipinski definition) is 2. The number of aliphatic imine (C=N–C) groups is 1. The van der Waals surface area contributed by atoms with Crippen LogP contribution in [0.25, 0.3) is 0 Å². The maximum absolute atomic E-state index is 5.90. The molecule has 0 atom stereocenters. The van der Waals surface area contributed by atoms with Crippen molar-refractivity contribution >= 4 is 5.96 Å². The molecule has 4 nitrogen and oxygen atoms in total. The molecule has 0 aliphatic heterocycles. The largest absolute Gasteiger partial charge is 0.372 e. The Labute approximate surface area is 144 Å². The van der Waals surface area contributed by atoms with Gasteiger partial charge in [0.25, 0.3) is 0 Å². The Hall–Kier alpha value is -2.33. The minimum absolute atomic E-state index is 0.0826. The van der Waals surface area contributed by atoms with Gasteiger partial charge in [-0.2, -0.15) is 0 Å². The Balaban J connectivity index is 1.86. The SMILES string of the molecule is CC(C)(C)NC(N)=NCc1cccc(COCc2ccccc2)c1. The average Bonchev–Trinajstić information content (AvgIpc) is 2.53. The Bertz CT molecular complexity index is 660. The molecule has 2 aromatic rings. The van der Waals surface area contributed by atoms with Gasteiger partial charge < -0.3 is 15.8 Å². The Morgan fingerprint density at radius 1 is 0.958 bits per heavy atom. The van der Waals surface area contributed by atoms with Crippen LogP contribution in [0.2, 0.25) is 0 Å². The van der Waals surface area contributed by atoms with Gasteiger partial charge in [-0.1, -0.05) is 54.6 Å². The predicted molar refractivity (Wildman–Crippen MR) is 99.6 cm³/mol. The molecule has 0 aliphatic rings. The molecule has 0 amide bonds. The molecule has 0 saturated carbocycles. The number of nitrogens with two attached hydrogens (primary N) is 1. The number of hydrogen-bond acceptors (Lipinski definition) is 2. The van der Waals surface area contributed by atoms with E-state index in [-0.39, 0.29) is 5.54 Å². The Morgan fingerprint density at radius 3 is 2.29 bits per heavy atom. The summed E-state index contributed by atoms with van der Waals surface area (Å²) in [5.41, 5.74) is 9.26. The van der Waals surface area contributed by atoms with E-state index in [9.17, 15) is 0 Å². The van der Waals surface area contributed by atoms with Gasteiger partial charge >= 0.3 is 0 Å². The van der Waals surface area contributed by atoms with E-state index in [0.717, 1.165) is 11.1 Å². The summed E-state index contributed by atoms with van der Waals surface area (Å²) in [5.74, 6) is 0.466. The summed E-state index contributed by atoms with van der Waals surface area (Å²) in [6, 6.07) is 18.4. The first-order chi connectivity index (χ1) is 11.4. The molecule has 0 radical (unpaired) electrons. The first kappa shape index (κ1) is 18.0. The first-order valence-corrected chi connectivity index (χ1v) is 8.20. The molecule has 0 heterocycles.